The van der Waals surface area contributed by atoms with Crippen molar-refractivity contribution in [3.8, 4) is 0 Å². The number of nitrogens with zero attached hydrogens (tertiary/aromatic N) is 3. The molecular formula is C22H25N3. The van der Waals surface area contributed by atoms with Crippen LogP contribution in [0.4, 0.5) is 0 Å². The second-order valence-electron chi connectivity index (χ2n) is 8.05. The molecule has 5 rings (SSSR count). The molecule has 0 radical (unpaired) electrons. The van der Waals surface area contributed by atoms with Gasteiger partial charge in [-0.2, -0.15) is 0 Å². The van der Waals surface area contributed by atoms with Crippen molar-refractivity contribution in [2.24, 2.45) is 0 Å². The Kier molecular flexibility index (Phi) is 3.29. The topological polar surface area (TPSA) is 21.1 Å². The average Bonchev–Trinajstić information content (AvgIpc) is 2.89. The van der Waals surface area contributed by atoms with Gasteiger partial charge in [-0.25, -0.2) is 0 Å². The predicted octanol–water partition coefficient (Wildman–Crippen LogP) is 4.37. The average molecular weight is 331 g/mol. The number of benzene rings is 1. The summed E-state index contributed by atoms with van der Waals surface area (Å²) in [7, 11) is 2.27. The van der Waals surface area contributed by atoms with Gasteiger partial charge in [0, 0.05) is 60.0 Å². The van der Waals surface area contributed by atoms with Gasteiger partial charge >= 0.3 is 0 Å². The van der Waals surface area contributed by atoms with Crippen molar-refractivity contribution in [3.05, 3.63) is 64.6 Å². The van der Waals surface area contributed by atoms with Crippen LogP contribution in [0.5, 0.6) is 0 Å². The van der Waals surface area contributed by atoms with Gasteiger partial charge in [0.25, 0.3) is 0 Å². The fourth-order valence-electron chi connectivity index (χ4n) is 5.07. The highest BCUT2D eigenvalue weighted by molar-refractivity contribution is 5.87. The van der Waals surface area contributed by atoms with Crippen LogP contribution >= 0.6 is 0 Å². The lowest BCUT2D eigenvalue weighted by molar-refractivity contribution is 0.244. The number of aromatic nitrogens is 2. The standard InChI is InChI=1S/C22H25N3/c1-14-4-5-21-19(8-14)20-13-24(3)11-18-10-17(12-25(21)22(18)20)16-6-7-23-15(2)9-16/h4-9,17-18H,10-13H2,1-3H3. The van der Waals surface area contributed by atoms with Gasteiger partial charge < -0.3 is 9.47 Å². The molecule has 0 amide bonds. The molecule has 4 heterocycles. The first-order chi connectivity index (χ1) is 12.1. The van der Waals surface area contributed by atoms with Gasteiger partial charge in [-0.3, -0.25) is 4.98 Å². The van der Waals surface area contributed by atoms with Crippen molar-refractivity contribution in [1.82, 2.24) is 14.5 Å². The zero-order valence-electron chi connectivity index (χ0n) is 15.3. The highest BCUT2D eigenvalue weighted by atomic mass is 15.1. The maximum Gasteiger partial charge on any atom is 0.0486 e. The second kappa shape index (κ2) is 5.43. The zero-order chi connectivity index (χ0) is 17.1. The lowest BCUT2D eigenvalue weighted by Gasteiger charge is -2.38. The molecule has 2 unspecified atom stereocenters. The maximum atomic E-state index is 4.39. The van der Waals surface area contributed by atoms with Crippen LogP contribution in [0.15, 0.2) is 36.5 Å². The Hall–Kier alpha value is -2.13. The Labute approximate surface area is 149 Å². The Bertz CT molecular complexity index is 969. The molecule has 0 aliphatic carbocycles. The van der Waals surface area contributed by atoms with E-state index in [0.717, 1.165) is 18.8 Å². The fourth-order valence-corrected chi connectivity index (χ4v) is 5.07. The SMILES string of the molecule is Cc1ccc2c(c1)c1c3n2CC(c2ccnc(C)c2)CC3CN(C)C1. The molecule has 25 heavy (non-hydrogen) atoms. The molecule has 0 saturated heterocycles. The van der Waals surface area contributed by atoms with Crippen LogP contribution in [0, 0.1) is 13.8 Å². The van der Waals surface area contributed by atoms with Gasteiger partial charge in [-0.05, 0) is 62.7 Å². The molecular weight excluding hydrogens is 306 g/mol. The number of rotatable bonds is 1. The number of hydrogen-bond acceptors (Lipinski definition) is 2. The third-order valence-corrected chi connectivity index (χ3v) is 6.08. The van der Waals surface area contributed by atoms with Gasteiger partial charge in [0.1, 0.15) is 0 Å². The fraction of sp³-hybridized carbons (Fsp3) is 0.409. The first-order valence-corrected chi connectivity index (χ1v) is 9.33. The van der Waals surface area contributed by atoms with Crippen LogP contribution in [-0.2, 0) is 13.1 Å². The van der Waals surface area contributed by atoms with Crippen molar-refractivity contribution < 1.29 is 0 Å². The van der Waals surface area contributed by atoms with Gasteiger partial charge in [0.05, 0.1) is 0 Å². The molecule has 0 saturated carbocycles. The first kappa shape index (κ1) is 15.2. The Balaban J connectivity index is 1.69. The summed E-state index contributed by atoms with van der Waals surface area (Å²) in [6.07, 6.45) is 3.21. The largest absolute Gasteiger partial charge is 0.343 e. The van der Waals surface area contributed by atoms with E-state index in [1.165, 1.54) is 35.0 Å². The van der Waals surface area contributed by atoms with Crippen LogP contribution in [0.1, 0.15) is 46.3 Å². The predicted molar refractivity (Wildman–Crippen MR) is 102 cm³/mol. The Morgan fingerprint density at radius 1 is 1.04 bits per heavy atom. The highest BCUT2D eigenvalue weighted by Gasteiger charge is 2.36. The molecule has 0 fully saturated rings. The van der Waals surface area contributed by atoms with Crippen LogP contribution in [-0.4, -0.2) is 28.0 Å². The molecule has 3 heteroatoms. The molecule has 2 aliphatic heterocycles. The molecule has 1 aromatic carbocycles. The summed E-state index contributed by atoms with van der Waals surface area (Å²) in [5.41, 5.74) is 8.53. The summed E-state index contributed by atoms with van der Waals surface area (Å²) in [5.74, 6) is 1.21. The lowest BCUT2D eigenvalue weighted by atomic mass is 9.81. The van der Waals surface area contributed by atoms with E-state index in [0.29, 0.717) is 11.8 Å². The molecule has 128 valence electrons. The van der Waals surface area contributed by atoms with Crippen molar-refractivity contribution in [3.63, 3.8) is 0 Å². The van der Waals surface area contributed by atoms with Crippen molar-refractivity contribution >= 4 is 10.9 Å². The smallest absolute Gasteiger partial charge is 0.0486 e. The minimum atomic E-state index is 0.579. The van der Waals surface area contributed by atoms with Gasteiger partial charge in [0.15, 0.2) is 0 Å². The summed E-state index contributed by atoms with van der Waals surface area (Å²) >= 11 is 0. The van der Waals surface area contributed by atoms with E-state index in [1.807, 2.05) is 6.20 Å². The van der Waals surface area contributed by atoms with E-state index in [-0.39, 0.29) is 0 Å². The zero-order valence-corrected chi connectivity index (χ0v) is 15.3. The molecule has 0 bridgehead atoms. The number of likely N-dealkylation sites (N-methyl/N-ethyl adjacent to an activating group) is 1. The van der Waals surface area contributed by atoms with E-state index < -0.39 is 0 Å². The van der Waals surface area contributed by atoms with Crippen LogP contribution < -0.4 is 0 Å². The molecule has 0 N–H and O–H groups in total. The summed E-state index contributed by atoms with van der Waals surface area (Å²) in [6, 6.07) is 11.5. The van der Waals surface area contributed by atoms with Crippen molar-refractivity contribution in [1.29, 1.82) is 0 Å². The number of fused-ring (bicyclic) bond motifs is 3. The summed E-state index contributed by atoms with van der Waals surface area (Å²) in [6.45, 7) is 7.65. The molecule has 3 aromatic rings. The first-order valence-electron chi connectivity index (χ1n) is 9.33. The minimum Gasteiger partial charge on any atom is -0.343 e. The molecule has 2 aliphatic rings. The molecule has 0 spiro atoms. The molecule has 3 nitrogen and oxygen atoms in total. The normalized spacial score (nSPS) is 23.0. The van der Waals surface area contributed by atoms with E-state index in [1.54, 1.807) is 11.3 Å². The third kappa shape index (κ3) is 2.33. The van der Waals surface area contributed by atoms with E-state index >= 15 is 0 Å². The molecule has 2 aromatic heterocycles. The number of aryl methyl sites for hydroxylation is 2. The van der Waals surface area contributed by atoms with Crippen LogP contribution in [0.3, 0.4) is 0 Å². The lowest BCUT2D eigenvalue weighted by Crippen LogP contribution is -2.35. The number of pyridine rings is 1. The minimum absolute atomic E-state index is 0.579. The van der Waals surface area contributed by atoms with Crippen molar-refractivity contribution in [2.45, 2.75) is 45.2 Å². The van der Waals surface area contributed by atoms with Crippen LogP contribution in [0.2, 0.25) is 0 Å². The van der Waals surface area contributed by atoms with E-state index in [9.17, 15) is 0 Å². The van der Waals surface area contributed by atoms with Gasteiger partial charge in [-0.1, -0.05) is 11.6 Å². The van der Waals surface area contributed by atoms with Gasteiger partial charge in [0.2, 0.25) is 0 Å². The van der Waals surface area contributed by atoms with E-state index in [2.05, 4.69) is 65.7 Å². The van der Waals surface area contributed by atoms with Crippen LogP contribution in [0.25, 0.3) is 10.9 Å². The molecule has 2 atom stereocenters. The summed E-state index contributed by atoms with van der Waals surface area (Å²) < 4.78 is 2.63. The maximum absolute atomic E-state index is 4.39. The van der Waals surface area contributed by atoms with E-state index in [4.69, 9.17) is 0 Å². The Morgan fingerprint density at radius 3 is 2.76 bits per heavy atom. The van der Waals surface area contributed by atoms with Gasteiger partial charge in [-0.15, -0.1) is 0 Å². The third-order valence-electron chi connectivity index (χ3n) is 6.08. The quantitative estimate of drug-likeness (QED) is 0.660. The monoisotopic (exact) mass is 331 g/mol. The summed E-state index contributed by atoms with van der Waals surface area (Å²) in [4.78, 5) is 6.89. The van der Waals surface area contributed by atoms with Crippen molar-refractivity contribution in [2.75, 3.05) is 13.6 Å². The Morgan fingerprint density at radius 2 is 1.92 bits per heavy atom. The number of hydrogen-bond donors (Lipinski definition) is 0. The summed E-state index contributed by atoms with van der Waals surface area (Å²) in [5, 5.41) is 1.47. The highest BCUT2D eigenvalue weighted by Crippen LogP contribution is 2.45. The second-order valence-corrected chi connectivity index (χ2v) is 8.05.